The maximum absolute atomic E-state index is 12.4. The van der Waals surface area contributed by atoms with Crippen LogP contribution in [0.5, 0.6) is 11.5 Å². The number of carbonyl (C=O) groups is 2. The van der Waals surface area contributed by atoms with Crippen LogP contribution in [0.2, 0.25) is 0 Å². The van der Waals surface area contributed by atoms with E-state index in [0.717, 1.165) is 46.7 Å². The summed E-state index contributed by atoms with van der Waals surface area (Å²) >= 11 is 0. The number of hydrogen-bond donors (Lipinski definition) is 0. The molecule has 0 amide bonds. The van der Waals surface area contributed by atoms with Crippen molar-refractivity contribution in [3.8, 4) is 11.5 Å². The van der Waals surface area contributed by atoms with Crippen LogP contribution in [0.3, 0.4) is 0 Å². The van der Waals surface area contributed by atoms with E-state index in [9.17, 15) is 9.59 Å². The van der Waals surface area contributed by atoms with Crippen LogP contribution < -0.4 is 9.47 Å². The highest BCUT2D eigenvalue weighted by atomic mass is 16.5. The lowest BCUT2D eigenvalue weighted by Crippen LogP contribution is -2.18. The summed E-state index contributed by atoms with van der Waals surface area (Å²) in [5.74, 6) is 0.414. The fraction of sp³-hybridized carbons (Fsp3) is 0.333. The number of benzene rings is 2. The lowest BCUT2D eigenvalue weighted by molar-refractivity contribution is -0.131. The molecule has 2 aromatic rings. The Labute approximate surface area is 165 Å². The van der Waals surface area contributed by atoms with Gasteiger partial charge in [-0.05, 0) is 51.5 Å². The van der Waals surface area contributed by atoms with Crippen LogP contribution in [0.4, 0.5) is 0 Å². The molecular weight excluding hydrogens is 352 g/mol. The highest BCUT2D eigenvalue weighted by Gasteiger charge is 2.30. The van der Waals surface area contributed by atoms with Gasteiger partial charge in [0.25, 0.3) is 0 Å². The van der Waals surface area contributed by atoms with Crippen LogP contribution in [0.1, 0.15) is 56.2 Å². The van der Waals surface area contributed by atoms with Gasteiger partial charge in [0.15, 0.2) is 0 Å². The number of rotatable bonds is 4. The minimum absolute atomic E-state index is 0.184. The molecular formula is C24H26O4. The number of esters is 2. The normalized spacial score (nSPS) is 15.6. The molecule has 0 bridgehead atoms. The smallest absolute Gasteiger partial charge is 0.338 e. The molecule has 0 heterocycles. The molecule has 146 valence electrons. The van der Waals surface area contributed by atoms with Gasteiger partial charge in [-0.25, -0.2) is 9.59 Å². The van der Waals surface area contributed by atoms with Gasteiger partial charge in [0.2, 0.25) is 0 Å². The summed E-state index contributed by atoms with van der Waals surface area (Å²) in [5, 5.41) is 1.57. The van der Waals surface area contributed by atoms with Gasteiger partial charge in [0.1, 0.15) is 11.5 Å². The summed E-state index contributed by atoms with van der Waals surface area (Å²) in [6.07, 6.45) is 2.73. The Morgan fingerprint density at radius 1 is 1.04 bits per heavy atom. The molecule has 2 aromatic carbocycles. The van der Waals surface area contributed by atoms with E-state index in [4.69, 9.17) is 9.47 Å². The molecule has 1 atom stereocenters. The Morgan fingerprint density at radius 2 is 1.64 bits per heavy atom. The molecule has 1 aliphatic rings. The quantitative estimate of drug-likeness (QED) is 0.397. The van der Waals surface area contributed by atoms with Crippen LogP contribution in [-0.4, -0.2) is 11.9 Å². The zero-order valence-electron chi connectivity index (χ0n) is 17.0. The summed E-state index contributed by atoms with van der Waals surface area (Å²) in [7, 11) is 0. The van der Waals surface area contributed by atoms with E-state index in [2.05, 4.69) is 20.1 Å². The van der Waals surface area contributed by atoms with Crippen LogP contribution >= 0.6 is 0 Å². The number of hydrogen-bond acceptors (Lipinski definition) is 4. The Kier molecular flexibility index (Phi) is 5.41. The van der Waals surface area contributed by atoms with Gasteiger partial charge < -0.3 is 9.47 Å². The van der Waals surface area contributed by atoms with Crippen molar-refractivity contribution >= 4 is 22.7 Å². The minimum atomic E-state index is -0.450. The first-order valence-electron chi connectivity index (χ1n) is 9.55. The molecule has 0 aliphatic heterocycles. The number of aryl methyl sites for hydroxylation is 1. The average Bonchev–Trinajstić information content (AvgIpc) is 2.63. The van der Waals surface area contributed by atoms with E-state index >= 15 is 0 Å². The Morgan fingerprint density at radius 3 is 2.25 bits per heavy atom. The Balaban J connectivity index is 2.37. The van der Waals surface area contributed by atoms with E-state index in [1.54, 1.807) is 13.8 Å². The molecule has 0 N–H and O–H groups in total. The van der Waals surface area contributed by atoms with Crippen molar-refractivity contribution in [2.75, 3.05) is 0 Å². The van der Waals surface area contributed by atoms with Crippen LogP contribution in [-0.2, 0) is 16.0 Å². The standard InChI is InChI=1S/C24H26O4/c1-13(2)23(25)27-21-17-11-7-10-16(6)20(17)22(28-24(26)14(3)4)18-12-8-9-15(5)19(18)21/h7,10-11,15H,1,3,8-9,12H2,2,4-6H3. The third-order valence-electron chi connectivity index (χ3n) is 5.23. The fourth-order valence-corrected chi connectivity index (χ4v) is 3.79. The Bertz CT molecular complexity index is 1010. The first-order chi connectivity index (χ1) is 13.2. The first-order valence-corrected chi connectivity index (χ1v) is 9.55. The van der Waals surface area contributed by atoms with Gasteiger partial charge in [0, 0.05) is 33.0 Å². The molecule has 1 aliphatic carbocycles. The second-order valence-corrected chi connectivity index (χ2v) is 7.68. The highest BCUT2D eigenvalue weighted by Crippen LogP contribution is 2.49. The molecule has 1 unspecified atom stereocenters. The van der Waals surface area contributed by atoms with Crippen molar-refractivity contribution < 1.29 is 19.1 Å². The Hall–Kier alpha value is -2.88. The molecule has 4 nitrogen and oxygen atoms in total. The molecule has 0 radical (unpaired) electrons. The second kappa shape index (κ2) is 7.63. The average molecular weight is 378 g/mol. The summed E-state index contributed by atoms with van der Waals surface area (Å²) in [4.78, 5) is 24.7. The summed E-state index contributed by atoms with van der Waals surface area (Å²) in [6.45, 7) is 14.7. The molecule has 0 aromatic heterocycles. The summed E-state index contributed by atoms with van der Waals surface area (Å²) < 4.78 is 11.7. The van der Waals surface area contributed by atoms with Crippen molar-refractivity contribution in [3.05, 3.63) is 59.2 Å². The van der Waals surface area contributed by atoms with Crippen molar-refractivity contribution in [3.63, 3.8) is 0 Å². The van der Waals surface area contributed by atoms with Crippen LogP contribution in [0.15, 0.2) is 42.5 Å². The van der Waals surface area contributed by atoms with Crippen molar-refractivity contribution in [2.45, 2.75) is 52.9 Å². The maximum atomic E-state index is 12.4. The van der Waals surface area contributed by atoms with Crippen LogP contribution in [0, 0.1) is 6.92 Å². The predicted molar refractivity (Wildman–Crippen MR) is 111 cm³/mol. The van der Waals surface area contributed by atoms with Crippen molar-refractivity contribution in [1.29, 1.82) is 0 Å². The predicted octanol–water partition coefficient (Wildman–Crippen LogP) is 5.55. The van der Waals surface area contributed by atoms with E-state index in [1.165, 1.54) is 0 Å². The molecule has 0 saturated carbocycles. The van der Waals surface area contributed by atoms with E-state index in [1.807, 2.05) is 25.1 Å². The largest absolute Gasteiger partial charge is 0.422 e. The number of ether oxygens (including phenoxy) is 2. The van der Waals surface area contributed by atoms with E-state index in [0.29, 0.717) is 22.6 Å². The highest BCUT2D eigenvalue weighted by molar-refractivity contribution is 6.03. The molecule has 4 heteroatoms. The van der Waals surface area contributed by atoms with Gasteiger partial charge in [-0.2, -0.15) is 0 Å². The zero-order valence-corrected chi connectivity index (χ0v) is 17.0. The van der Waals surface area contributed by atoms with Crippen molar-refractivity contribution in [1.82, 2.24) is 0 Å². The summed E-state index contributed by atoms with van der Waals surface area (Å²) in [5.41, 5.74) is 3.53. The fourth-order valence-electron chi connectivity index (χ4n) is 3.79. The SMILES string of the molecule is C=C(C)C(=O)Oc1c2c(c(OC(=O)C(=C)C)c3c(C)cccc13)CCCC2C. The monoisotopic (exact) mass is 378 g/mol. The topological polar surface area (TPSA) is 52.6 Å². The van der Waals surface area contributed by atoms with E-state index in [-0.39, 0.29) is 5.92 Å². The number of carbonyl (C=O) groups excluding carboxylic acids is 2. The molecule has 3 rings (SSSR count). The van der Waals surface area contributed by atoms with Gasteiger partial charge in [-0.1, -0.05) is 38.3 Å². The van der Waals surface area contributed by atoms with Gasteiger partial charge in [-0.3, -0.25) is 0 Å². The number of fused-ring (bicyclic) bond motifs is 2. The lowest BCUT2D eigenvalue weighted by atomic mass is 9.80. The minimum Gasteiger partial charge on any atom is -0.422 e. The molecule has 0 spiro atoms. The van der Waals surface area contributed by atoms with Crippen LogP contribution in [0.25, 0.3) is 10.8 Å². The molecule has 28 heavy (non-hydrogen) atoms. The van der Waals surface area contributed by atoms with Gasteiger partial charge in [0.05, 0.1) is 0 Å². The second-order valence-electron chi connectivity index (χ2n) is 7.68. The third kappa shape index (κ3) is 3.47. The third-order valence-corrected chi connectivity index (χ3v) is 5.23. The lowest BCUT2D eigenvalue weighted by Gasteiger charge is -2.29. The summed E-state index contributed by atoms with van der Waals surface area (Å²) in [6, 6.07) is 5.78. The first kappa shape index (κ1) is 19.9. The van der Waals surface area contributed by atoms with Gasteiger partial charge in [-0.15, -0.1) is 0 Å². The molecule has 0 saturated heterocycles. The van der Waals surface area contributed by atoms with Crippen molar-refractivity contribution in [2.24, 2.45) is 0 Å². The maximum Gasteiger partial charge on any atom is 0.338 e. The van der Waals surface area contributed by atoms with E-state index < -0.39 is 11.9 Å². The zero-order chi connectivity index (χ0) is 20.6. The van der Waals surface area contributed by atoms with Gasteiger partial charge >= 0.3 is 11.9 Å². The molecule has 0 fully saturated rings.